The van der Waals surface area contributed by atoms with Crippen molar-refractivity contribution < 1.29 is 9.47 Å². The van der Waals surface area contributed by atoms with E-state index in [9.17, 15) is 0 Å². The molecule has 1 saturated heterocycles. The zero-order valence-electron chi connectivity index (χ0n) is 9.27. The minimum absolute atomic E-state index is 0.0670. The first-order valence-corrected chi connectivity index (χ1v) is 5.37. The van der Waals surface area contributed by atoms with Crippen molar-refractivity contribution in [1.82, 2.24) is 14.8 Å². The van der Waals surface area contributed by atoms with Gasteiger partial charge in [-0.25, -0.2) is 9.67 Å². The largest absolute Gasteiger partial charge is 0.353 e. The topological polar surface area (TPSA) is 49.2 Å². The van der Waals surface area contributed by atoms with Crippen molar-refractivity contribution in [2.45, 2.75) is 39.5 Å². The Morgan fingerprint density at radius 2 is 2.07 bits per heavy atom. The first-order valence-electron chi connectivity index (χ1n) is 5.37. The summed E-state index contributed by atoms with van der Waals surface area (Å²) < 4.78 is 12.8. The molecule has 1 aromatic heterocycles. The fraction of sp³-hybridized carbons (Fsp3) is 0.800. The van der Waals surface area contributed by atoms with Crippen LogP contribution in [-0.4, -0.2) is 34.3 Å². The number of hydrogen-bond acceptors (Lipinski definition) is 4. The summed E-state index contributed by atoms with van der Waals surface area (Å²) in [6.07, 6.45) is 1.77. The quantitative estimate of drug-likeness (QED) is 0.749. The Hall–Kier alpha value is -0.940. The molecule has 0 N–H and O–H groups in total. The van der Waals surface area contributed by atoms with Crippen LogP contribution in [-0.2, 0) is 16.0 Å². The molecule has 2 rings (SSSR count). The number of rotatable bonds is 3. The van der Waals surface area contributed by atoms with E-state index >= 15 is 0 Å². The molecule has 0 saturated carbocycles. The maximum atomic E-state index is 5.46. The lowest BCUT2D eigenvalue weighted by Crippen LogP contribution is -2.26. The normalized spacial score (nSPS) is 18.3. The number of aryl methyl sites for hydroxylation is 3. The molecule has 0 bridgehead atoms. The third-order valence-electron chi connectivity index (χ3n) is 2.44. The molecule has 15 heavy (non-hydrogen) atoms. The van der Waals surface area contributed by atoms with Gasteiger partial charge in [-0.3, -0.25) is 0 Å². The molecule has 0 amide bonds. The summed E-state index contributed by atoms with van der Waals surface area (Å²) in [7, 11) is 0. The molecule has 5 nitrogen and oxygen atoms in total. The molecule has 1 aliphatic rings. The monoisotopic (exact) mass is 211 g/mol. The van der Waals surface area contributed by atoms with Gasteiger partial charge in [0.2, 0.25) is 0 Å². The molecule has 5 heteroatoms. The highest BCUT2D eigenvalue weighted by molar-refractivity contribution is 4.87. The molecule has 0 aliphatic carbocycles. The Kier molecular flexibility index (Phi) is 3.33. The average Bonchev–Trinajstić information content (AvgIpc) is 2.56. The summed E-state index contributed by atoms with van der Waals surface area (Å²) in [5, 5.41) is 4.29. The SMILES string of the molecule is Cc1nc(C)n(CCC2OCCCO2)n1. The van der Waals surface area contributed by atoms with Crippen LogP contribution in [0.5, 0.6) is 0 Å². The summed E-state index contributed by atoms with van der Waals surface area (Å²) in [5.41, 5.74) is 0. The number of aromatic nitrogens is 3. The molecular weight excluding hydrogens is 194 g/mol. The van der Waals surface area contributed by atoms with E-state index in [0.717, 1.165) is 44.2 Å². The Morgan fingerprint density at radius 3 is 2.67 bits per heavy atom. The minimum atomic E-state index is -0.0670. The van der Waals surface area contributed by atoms with Crippen molar-refractivity contribution in [3.63, 3.8) is 0 Å². The van der Waals surface area contributed by atoms with E-state index in [1.165, 1.54) is 0 Å². The van der Waals surface area contributed by atoms with Crippen LogP contribution in [0.2, 0.25) is 0 Å². The molecule has 0 radical (unpaired) electrons. The first kappa shape index (κ1) is 10.6. The number of hydrogen-bond donors (Lipinski definition) is 0. The van der Waals surface area contributed by atoms with Crippen molar-refractivity contribution in [2.75, 3.05) is 13.2 Å². The van der Waals surface area contributed by atoms with Crippen molar-refractivity contribution >= 4 is 0 Å². The second-order valence-corrected chi connectivity index (χ2v) is 3.74. The Balaban J connectivity index is 1.84. The van der Waals surface area contributed by atoms with Gasteiger partial charge in [-0.1, -0.05) is 0 Å². The lowest BCUT2D eigenvalue weighted by Gasteiger charge is -2.23. The van der Waals surface area contributed by atoms with Gasteiger partial charge in [-0.05, 0) is 20.3 Å². The highest BCUT2D eigenvalue weighted by Crippen LogP contribution is 2.10. The van der Waals surface area contributed by atoms with Gasteiger partial charge in [0.15, 0.2) is 6.29 Å². The van der Waals surface area contributed by atoms with Crippen LogP contribution >= 0.6 is 0 Å². The Morgan fingerprint density at radius 1 is 1.33 bits per heavy atom. The van der Waals surface area contributed by atoms with Gasteiger partial charge >= 0.3 is 0 Å². The van der Waals surface area contributed by atoms with Crippen molar-refractivity contribution in [2.24, 2.45) is 0 Å². The van der Waals surface area contributed by atoms with Gasteiger partial charge < -0.3 is 9.47 Å². The third kappa shape index (κ3) is 2.76. The van der Waals surface area contributed by atoms with Crippen LogP contribution < -0.4 is 0 Å². The van der Waals surface area contributed by atoms with E-state index < -0.39 is 0 Å². The number of ether oxygens (including phenoxy) is 2. The lowest BCUT2D eigenvalue weighted by atomic mass is 10.3. The van der Waals surface area contributed by atoms with Gasteiger partial charge in [-0.15, -0.1) is 0 Å². The summed E-state index contributed by atoms with van der Waals surface area (Å²) >= 11 is 0. The Bertz CT molecular complexity index is 318. The van der Waals surface area contributed by atoms with Crippen LogP contribution in [0.15, 0.2) is 0 Å². The van der Waals surface area contributed by atoms with Crippen molar-refractivity contribution in [3.8, 4) is 0 Å². The summed E-state index contributed by atoms with van der Waals surface area (Å²) in [6.45, 7) is 6.27. The lowest BCUT2D eigenvalue weighted by molar-refractivity contribution is -0.182. The molecule has 1 aliphatic heterocycles. The van der Waals surface area contributed by atoms with E-state index in [4.69, 9.17) is 9.47 Å². The van der Waals surface area contributed by atoms with Gasteiger partial charge in [0, 0.05) is 13.0 Å². The van der Waals surface area contributed by atoms with Crippen LogP contribution in [0.4, 0.5) is 0 Å². The predicted molar refractivity (Wildman–Crippen MR) is 54.4 cm³/mol. The van der Waals surface area contributed by atoms with Crippen LogP contribution in [0.25, 0.3) is 0 Å². The van der Waals surface area contributed by atoms with E-state index in [0.29, 0.717) is 0 Å². The maximum Gasteiger partial charge on any atom is 0.159 e. The van der Waals surface area contributed by atoms with E-state index in [2.05, 4.69) is 10.1 Å². The van der Waals surface area contributed by atoms with Gasteiger partial charge in [0.05, 0.1) is 13.2 Å². The molecule has 0 atom stereocenters. The molecular formula is C10H17N3O2. The maximum absolute atomic E-state index is 5.46. The summed E-state index contributed by atoms with van der Waals surface area (Å²) in [4.78, 5) is 4.25. The van der Waals surface area contributed by atoms with Crippen LogP contribution in [0.1, 0.15) is 24.5 Å². The Labute approximate surface area is 89.4 Å². The molecule has 1 aromatic rings. The molecule has 0 aromatic carbocycles. The van der Waals surface area contributed by atoms with E-state index in [1.807, 2.05) is 18.5 Å². The smallest absolute Gasteiger partial charge is 0.159 e. The molecule has 84 valence electrons. The average molecular weight is 211 g/mol. The second kappa shape index (κ2) is 4.72. The van der Waals surface area contributed by atoms with Gasteiger partial charge in [0.25, 0.3) is 0 Å². The zero-order chi connectivity index (χ0) is 10.7. The van der Waals surface area contributed by atoms with E-state index in [1.54, 1.807) is 0 Å². The molecule has 1 fully saturated rings. The zero-order valence-corrected chi connectivity index (χ0v) is 9.27. The highest BCUT2D eigenvalue weighted by atomic mass is 16.7. The molecule has 0 spiro atoms. The summed E-state index contributed by atoms with van der Waals surface area (Å²) in [5.74, 6) is 1.77. The standard InChI is InChI=1S/C10H17N3O2/c1-8-11-9(2)13(12-8)5-4-10-14-6-3-7-15-10/h10H,3-7H2,1-2H3. The van der Waals surface area contributed by atoms with Gasteiger partial charge in [-0.2, -0.15) is 5.10 Å². The molecule has 0 unspecified atom stereocenters. The van der Waals surface area contributed by atoms with E-state index in [-0.39, 0.29) is 6.29 Å². The summed E-state index contributed by atoms with van der Waals surface area (Å²) in [6, 6.07) is 0. The van der Waals surface area contributed by atoms with Gasteiger partial charge in [0.1, 0.15) is 11.6 Å². The third-order valence-corrected chi connectivity index (χ3v) is 2.44. The fourth-order valence-corrected chi connectivity index (χ4v) is 1.70. The highest BCUT2D eigenvalue weighted by Gasteiger charge is 2.14. The van der Waals surface area contributed by atoms with Crippen LogP contribution in [0, 0.1) is 13.8 Å². The molecule has 2 heterocycles. The van der Waals surface area contributed by atoms with Crippen molar-refractivity contribution in [3.05, 3.63) is 11.6 Å². The minimum Gasteiger partial charge on any atom is -0.353 e. The van der Waals surface area contributed by atoms with Crippen molar-refractivity contribution in [1.29, 1.82) is 0 Å². The van der Waals surface area contributed by atoms with Crippen LogP contribution in [0.3, 0.4) is 0 Å². The fourth-order valence-electron chi connectivity index (χ4n) is 1.70. The predicted octanol–water partition coefficient (Wildman–Crippen LogP) is 1.05. The number of nitrogens with zero attached hydrogens (tertiary/aromatic N) is 3. The second-order valence-electron chi connectivity index (χ2n) is 3.74. The first-order chi connectivity index (χ1) is 7.25.